The van der Waals surface area contributed by atoms with Crippen LogP contribution in [0.25, 0.3) is 0 Å². The lowest BCUT2D eigenvalue weighted by Gasteiger charge is -2.12. The van der Waals surface area contributed by atoms with Crippen LogP contribution in [0.4, 0.5) is 0 Å². The van der Waals surface area contributed by atoms with Crippen molar-refractivity contribution in [3.63, 3.8) is 0 Å². The predicted octanol–water partition coefficient (Wildman–Crippen LogP) is 1.49. The Morgan fingerprint density at radius 3 is 2.82 bits per heavy atom. The molecule has 1 N–H and O–H groups in total. The van der Waals surface area contributed by atoms with E-state index in [4.69, 9.17) is 4.74 Å². The van der Waals surface area contributed by atoms with Crippen molar-refractivity contribution in [2.24, 2.45) is 0 Å². The molecule has 1 aliphatic rings. The maximum atomic E-state index is 10.3. The highest BCUT2D eigenvalue weighted by molar-refractivity contribution is 5.46. The quantitative estimate of drug-likeness (QED) is 0.846. The van der Waals surface area contributed by atoms with E-state index < -0.39 is 6.10 Å². The summed E-state index contributed by atoms with van der Waals surface area (Å²) in [7, 11) is 0. The topological polar surface area (TPSA) is 55.2 Å². The molecule has 0 amide bonds. The van der Waals surface area contributed by atoms with Crippen LogP contribution in [-0.4, -0.2) is 21.7 Å². The van der Waals surface area contributed by atoms with Gasteiger partial charge in [-0.1, -0.05) is 18.2 Å². The van der Waals surface area contributed by atoms with Crippen LogP contribution in [0.5, 0.6) is 5.75 Å². The van der Waals surface area contributed by atoms with Crippen LogP contribution in [0.15, 0.2) is 36.7 Å². The van der Waals surface area contributed by atoms with Gasteiger partial charge in [0.05, 0.1) is 6.61 Å². The number of hydrogen-bond donors (Lipinski definition) is 1. The Hall–Kier alpha value is -1.94. The second kappa shape index (κ2) is 4.14. The summed E-state index contributed by atoms with van der Waals surface area (Å²) < 4.78 is 5.56. The summed E-state index contributed by atoms with van der Waals surface area (Å²) in [6.45, 7) is 0.675. The third kappa shape index (κ3) is 1.76. The average Bonchev–Trinajstić information content (AvgIpc) is 2.87. The molecule has 1 aromatic heterocycles. The second-order valence-corrected chi connectivity index (χ2v) is 3.94. The molecule has 1 aromatic carbocycles. The van der Waals surface area contributed by atoms with E-state index in [0.29, 0.717) is 12.4 Å². The van der Waals surface area contributed by atoms with E-state index in [1.165, 1.54) is 0 Å². The van der Waals surface area contributed by atoms with E-state index in [9.17, 15) is 5.11 Å². The van der Waals surface area contributed by atoms with Crippen molar-refractivity contribution in [3.8, 4) is 5.75 Å². The molecule has 4 heteroatoms. The van der Waals surface area contributed by atoms with Crippen molar-refractivity contribution in [3.05, 3.63) is 53.6 Å². The number of nitrogens with zero attached hydrogens (tertiary/aromatic N) is 2. The number of benzene rings is 1. The highest BCUT2D eigenvalue weighted by atomic mass is 16.5. The predicted molar refractivity (Wildman–Crippen MR) is 61.7 cm³/mol. The number of aliphatic hydroxyl groups is 1. The molecule has 0 saturated carbocycles. The molecule has 86 valence electrons. The molecule has 1 atom stereocenters. The third-order valence-electron chi connectivity index (χ3n) is 2.87. The molecule has 3 rings (SSSR count). The molecular formula is C13H12N2O2. The van der Waals surface area contributed by atoms with Crippen molar-refractivity contribution in [1.29, 1.82) is 0 Å². The summed E-state index contributed by atoms with van der Waals surface area (Å²) in [5.41, 5.74) is 1.88. The number of ether oxygens (including phenoxy) is 1. The Morgan fingerprint density at radius 2 is 2.00 bits per heavy atom. The van der Waals surface area contributed by atoms with Crippen LogP contribution in [0, 0.1) is 0 Å². The molecule has 2 heterocycles. The van der Waals surface area contributed by atoms with Gasteiger partial charge in [-0.05, 0) is 11.6 Å². The summed E-state index contributed by atoms with van der Waals surface area (Å²) in [6, 6.07) is 7.52. The molecule has 0 saturated heterocycles. The van der Waals surface area contributed by atoms with Gasteiger partial charge in [0.15, 0.2) is 5.82 Å². The lowest BCUT2D eigenvalue weighted by atomic mass is 10.0. The summed E-state index contributed by atoms with van der Waals surface area (Å²) >= 11 is 0. The van der Waals surface area contributed by atoms with Crippen LogP contribution in [0.1, 0.15) is 23.1 Å². The Morgan fingerprint density at radius 1 is 1.18 bits per heavy atom. The maximum Gasteiger partial charge on any atom is 0.161 e. The SMILES string of the molecule is OC(c1ncccn1)c1cccc2c1OCC2. The Kier molecular flexibility index (Phi) is 2.49. The number of fused-ring (bicyclic) bond motifs is 1. The van der Waals surface area contributed by atoms with Crippen molar-refractivity contribution in [2.75, 3.05) is 6.61 Å². The molecule has 0 bridgehead atoms. The second-order valence-electron chi connectivity index (χ2n) is 3.94. The lowest BCUT2D eigenvalue weighted by molar-refractivity contribution is 0.203. The highest BCUT2D eigenvalue weighted by Crippen LogP contribution is 2.34. The molecule has 0 aliphatic carbocycles. The van der Waals surface area contributed by atoms with E-state index in [2.05, 4.69) is 9.97 Å². The first-order valence-electron chi connectivity index (χ1n) is 5.56. The third-order valence-corrected chi connectivity index (χ3v) is 2.87. The molecule has 4 nitrogen and oxygen atoms in total. The van der Waals surface area contributed by atoms with Crippen LogP contribution in [-0.2, 0) is 6.42 Å². The summed E-state index contributed by atoms with van der Waals surface area (Å²) in [5.74, 6) is 1.18. The first kappa shape index (κ1) is 10.2. The number of aromatic nitrogens is 2. The zero-order chi connectivity index (χ0) is 11.7. The molecule has 0 radical (unpaired) electrons. The fourth-order valence-corrected chi connectivity index (χ4v) is 2.05. The molecule has 1 aliphatic heterocycles. The van der Waals surface area contributed by atoms with Crippen molar-refractivity contribution < 1.29 is 9.84 Å². The van der Waals surface area contributed by atoms with Gasteiger partial charge in [0.25, 0.3) is 0 Å². The van der Waals surface area contributed by atoms with Crippen molar-refractivity contribution in [2.45, 2.75) is 12.5 Å². The summed E-state index contributed by atoms with van der Waals surface area (Å²) in [6.07, 6.45) is 3.31. The minimum absolute atomic E-state index is 0.399. The monoisotopic (exact) mass is 228 g/mol. The first-order chi connectivity index (χ1) is 8.36. The zero-order valence-electron chi connectivity index (χ0n) is 9.21. The van der Waals surface area contributed by atoms with Crippen molar-refractivity contribution in [1.82, 2.24) is 9.97 Å². The van der Waals surface area contributed by atoms with Gasteiger partial charge in [-0.25, -0.2) is 9.97 Å². The van der Waals surface area contributed by atoms with Crippen LogP contribution in [0.3, 0.4) is 0 Å². The maximum absolute atomic E-state index is 10.3. The fraction of sp³-hybridized carbons (Fsp3) is 0.231. The van der Waals surface area contributed by atoms with Gasteiger partial charge in [-0.15, -0.1) is 0 Å². The van der Waals surface area contributed by atoms with Gasteiger partial charge >= 0.3 is 0 Å². The zero-order valence-corrected chi connectivity index (χ0v) is 9.21. The normalized spacial score (nSPS) is 15.1. The number of aliphatic hydroxyl groups excluding tert-OH is 1. The van der Waals surface area contributed by atoms with Gasteiger partial charge in [-0.3, -0.25) is 0 Å². The minimum atomic E-state index is -0.829. The Bertz CT molecular complexity index is 528. The summed E-state index contributed by atoms with van der Waals surface area (Å²) in [4.78, 5) is 8.13. The van der Waals surface area contributed by atoms with Gasteiger partial charge in [0.1, 0.15) is 11.9 Å². The van der Waals surface area contributed by atoms with E-state index in [-0.39, 0.29) is 0 Å². The first-order valence-corrected chi connectivity index (χ1v) is 5.56. The van der Waals surface area contributed by atoms with Gasteiger partial charge < -0.3 is 9.84 Å². The van der Waals surface area contributed by atoms with Gasteiger partial charge in [-0.2, -0.15) is 0 Å². The van der Waals surface area contributed by atoms with E-state index >= 15 is 0 Å². The Labute approximate surface area is 98.9 Å². The van der Waals surface area contributed by atoms with Crippen molar-refractivity contribution >= 4 is 0 Å². The van der Waals surface area contributed by atoms with Crippen LogP contribution >= 0.6 is 0 Å². The molecule has 1 unspecified atom stereocenters. The molecule has 2 aromatic rings. The molecule has 17 heavy (non-hydrogen) atoms. The largest absolute Gasteiger partial charge is 0.493 e. The molecule has 0 spiro atoms. The average molecular weight is 228 g/mol. The minimum Gasteiger partial charge on any atom is -0.493 e. The van der Waals surface area contributed by atoms with Gasteiger partial charge in [0, 0.05) is 24.4 Å². The van der Waals surface area contributed by atoms with Crippen LogP contribution in [0.2, 0.25) is 0 Å². The molecule has 0 fully saturated rings. The Balaban J connectivity index is 2.03. The lowest BCUT2D eigenvalue weighted by Crippen LogP contribution is -2.06. The van der Waals surface area contributed by atoms with E-state index in [0.717, 1.165) is 23.3 Å². The molecular weight excluding hydrogens is 216 g/mol. The van der Waals surface area contributed by atoms with Gasteiger partial charge in [0.2, 0.25) is 0 Å². The van der Waals surface area contributed by atoms with E-state index in [1.807, 2.05) is 18.2 Å². The van der Waals surface area contributed by atoms with E-state index in [1.54, 1.807) is 18.5 Å². The highest BCUT2D eigenvalue weighted by Gasteiger charge is 2.22. The standard InChI is InChI=1S/C13H12N2O2/c16-11(13-14-6-2-7-15-13)10-4-1-3-9-5-8-17-12(9)10/h1-4,6-7,11,16H,5,8H2. The smallest absolute Gasteiger partial charge is 0.161 e. The number of hydrogen-bond acceptors (Lipinski definition) is 4. The van der Waals surface area contributed by atoms with Crippen LogP contribution < -0.4 is 4.74 Å². The number of para-hydroxylation sites is 1. The summed E-state index contributed by atoms with van der Waals surface area (Å²) in [5, 5.41) is 10.3. The fourth-order valence-electron chi connectivity index (χ4n) is 2.05. The number of rotatable bonds is 2.